The summed E-state index contributed by atoms with van der Waals surface area (Å²) in [7, 11) is 1.40. The van der Waals surface area contributed by atoms with Crippen molar-refractivity contribution in [3.05, 3.63) is 88.6 Å². The average Bonchev–Trinajstić information content (AvgIpc) is 3.52. The molecule has 6 nitrogen and oxygen atoms in total. The van der Waals surface area contributed by atoms with Gasteiger partial charge in [-0.2, -0.15) is 10.2 Å². The highest BCUT2D eigenvalue weighted by Crippen LogP contribution is 2.28. The van der Waals surface area contributed by atoms with E-state index in [2.05, 4.69) is 22.0 Å². The molecule has 2 heterocycles. The van der Waals surface area contributed by atoms with Crippen LogP contribution in [-0.2, 0) is 0 Å². The van der Waals surface area contributed by atoms with Gasteiger partial charge in [0.25, 0.3) is 5.43 Å². The Kier molecular flexibility index (Phi) is 5.04. The van der Waals surface area contributed by atoms with Crippen LogP contribution in [0.4, 0.5) is 4.39 Å². The van der Waals surface area contributed by atoms with Gasteiger partial charge in [-0.1, -0.05) is 30.0 Å². The van der Waals surface area contributed by atoms with Gasteiger partial charge in [-0.3, -0.25) is 4.79 Å². The monoisotopic (exact) mass is 426 g/mol. The topological polar surface area (TPSA) is 61.9 Å². The van der Waals surface area contributed by atoms with Gasteiger partial charge in [-0.15, -0.1) is 0 Å². The number of ether oxygens (including phenoxy) is 1. The van der Waals surface area contributed by atoms with Crippen molar-refractivity contribution in [1.29, 1.82) is 0 Å². The minimum absolute atomic E-state index is 0.0489. The molecule has 1 fully saturated rings. The van der Waals surface area contributed by atoms with Crippen LogP contribution in [0.15, 0.2) is 71.8 Å². The van der Waals surface area contributed by atoms with E-state index < -0.39 is 11.2 Å². The third kappa shape index (κ3) is 3.79. The lowest BCUT2D eigenvalue weighted by Crippen LogP contribution is -2.18. The molecule has 0 spiro atoms. The lowest BCUT2D eigenvalue weighted by Gasteiger charge is -2.12. The van der Waals surface area contributed by atoms with E-state index in [1.165, 1.54) is 24.1 Å². The zero-order chi connectivity index (χ0) is 22.1. The Hall–Kier alpha value is -4.18. The molecule has 0 radical (unpaired) electrons. The van der Waals surface area contributed by atoms with Crippen LogP contribution in [0.25, 0.3) is 22.8 Å². The summed E-state index contributed by atoms with van der Waals surface area (Å²) in [5, 5.41) is 8.77. The number of hydrogen-bond acceptors (Lipinski definition) is 4. The van der Waals surface area contributed by atoms with Crippen LogP contribution in [0.1, 0.15) is 18.4 Å². The fourth-order valence-electron chi connectivity index (χ4n) is 3.35. The molecule has 0 N–H and O–H groups in total. The molecule has 0 amide bonds. The average molecular weight is 426 g/mol. The number of nitrogens with zero attached hydrogens (tertiary/aromatic N) is 4. The summed E-state index contributed by atoms with van der Waals surface area (Å²) < 4.78 is 23.2. The second kappa shape index (κ2) is 8.16. The fourth-order valence-corrected chi connectivity index (χ4v) is 3.35. The maximum absolute atomic E-state index is 15.0. The van der Waals surface area contributed by atoms with E-state index in [1.807, 2.05) is 30.3 Å². The highest BCUT2D eigenvalue weighted by atomic mass is 19.1. The molecule has 2 aromatic carbocycles. The molecule has 32 heavy (non-hydrogen) atoms. The van der Waals surface area contributed by atoms with Gasteiger partial charge in [0.1, 0.15) is 11.5 Å². The Labute approximate surface area is 183 Å². The third-order valence-electron chi connectivity index (χ3n) is 5.18. The van der Waals surface area contributed by atoms with Crippen molar-refractivity contribution in [2.24, 2.45) is 5.92 Å². The summed E-state index contributed by atoms with van der Waals surface area (Å²) in [6, 6.07) is 15.8. The molecule has 1 aliphatic rings. The van der Waals surface area contributed by atoms with Gasteiger partial charge in [0.2, 0.25) is 0 Å². The summed E-state index contributed by atoms with van der Waals surface area (Å²) in [6.45, 7) is 0. The third-order valence-corrected chi connectivity index (χ3v) is 5.18. The molecule has 7 heteroatoms. The minimum Gasteiger partial charge on any atom is -0.491 e. The molecule has 1 aliphatic carbocycles. The van der Waals surface area contributed by atoms with E-state index in [0.717, 1.165) is 18.5 Å². The first-order chi connectivity index (χ1) is 15.6. The number of para-hydroxylation sites is 1. The molecule has 2 aromatic heterocycles. The smallest absolute Gasteiger partial charge is 0.251 e. The van der Waals surface area contributed by atoms with Crippen molar-refractivity contribution in [2.45, 2.75) is 12.8 Å². The zero-order valence-electron chi connectivity index (χ0n) is 17.3. The molecular formula is C25H19FN4O2. The quantitative estimate of drug-likeness (QED) is 0.463. The second-order valence-corrected chi connectivity index (χ2v) is 7.49. The van der Waals surface area contributed by atoms with Crippen LogP contribution in [-0.4, -0.2) is 26.7 Å². The lowest BCUT2D eigenvalue weighted by atomic mass is 10.2. The van der Waals surface area contributed by atoms with Crippen LogP contribution in [0.5, 0.6) is 5.75 Å². The Bertz CT molecular complexity index is 1410. The van der Waals surface area contributed by atoms with Crippen molar-refractivity contribution in [3.8, 4) is 40.4 Å². The molecule has 0 unspecified atom stereocenters. The first-order valence-electron chi connectivity index (χ1n) is 10.2. The van der Waals surface area contributed by atoms with Gasteiger partial charge in [-0.25, -0.2) is 13.8 Å². The number of methoxy groups -OCH3 is 1. The van der Waals surface area contributed by atoms with E-state index in [0.29, 0.717) is 17.2 Å². The molecule has 4 aromatic rings. The van der Waals surface area contributed by atoms with Crippen LogP contribution < -0.4 is 10.2 Å². The largest absolute Gasteiger partial charge is 0.491 e. The van der Waals surface area contributed by atoms with Crippen molar-refractivity contribution in [3.63, 3.8) is 0 Å². The molecule has 0 atom stereocenters. The van der Waals surface area contributed by atoms with Gasteiger partial charge in [0.15, 0.2) is 11.4 Å². The second-order valence-electron chi connectivity index (χ2n) is 7.49. The highest BCUT2D eigenvalue weighted by molar-refractivity contribution is 5.59. The molecule has 0 aliphatic heterocycles. The predicted octanol–water partition coefficient (Wildman–Crippen LogP) is 3.99. The number of aromatic nitrogens is 4. The van der Waals surface area contributed by atoms with Gasteiger partial charge >= 0.3 is 0 Å². The first kappa shape index (κ1) is 19.8. The summed E-state index contributed by atoms with van der Waals surface area (Å²) in [5.74, 6) is 6.12. The van der Waals surface area contributed by atoms with Gasteiger partial charge in [-0.05, 0) is 49.2 Å². The van der Waals surface area contributed by atoms with Crippen LogP contribution in [0, 0.1) is 23.6 Å². The van der Waals surface area contributed by atoms with Gasteiger partial charge in [0, 0.05) is 11.5 Å². The fraction of sp³-hybridized carbons (Fsp3) is 0.160. The van der Waals surface area contributed by atoms with E-state index in [4.69, 9.17) is 4.74 Å². The lowest BCUT2D eigenvalue weighted by molar-refractivity contribution is 0.405. The summed E-state index contributed by atoms with van der Waals surface area (Å²) >= 11 is 0. The Morgan fingerprint density at radius 3 is 2.66 bits per heavy atom. The molecule has 0 saturated heterocycles. The first-order valence-corrected chi connectivity index (χ1v) is 10.2. The maximum Gasteiger partial charge on any atom is 0.251 e. The van der Waals surface area contributed by atoms with Crippen molar-refractivity contribution >= 4 is 0 Å². The molecule has 1 saturated carbocycles. The summed E-state index contributed by atoms with van der Waals surface area (Å²) in [4.78, 5) is 13.0. The van der Waals surface area contributed by atoms with E-state index >= 15 is 0 Å². The predicted molar refractivity (Wildman–Crippen MR) is 119 cm³/mol. The van der Waals surface area contributed by atoms with Crippen molar-refractivity contribution in [1.82, 2.24) is 19.6 Å². The van der Waals surface area contributed by atoms with Crippen molar-refractivity contribution < 1.29 is 9.13 Å². The molecule has 0 bridgehead atoms. The highest BCUT2D eigenvalue weighted by Gasteiger charge is 2.19. The number of benzene rings is 2. The Balaban J connectivity index is 1.61. The molecular weight excluding hydrogens is 407 g/mol. The normalized spacial score (nSPS) is 12.8. The van der Waals surface area contributed by atoms with Gasteiger partial charge < -0.3 is 4.74 Å². The number of halogens is 1. The van der Waals surface area contributed by atoms with E-state index in [1.54, 1.807) is 29.1 Å². The Morgan fingerprint density at radius 1 is 1.12 bits per heavy atom. The van der Waals surface area contributed by atoms with Crippen LogP contribution in [0.3, 0.4) is 0 Å². The Morgan fingerprint density at radius 2 is 1.94 bits per heavy atom. The zero-order valence-corrected chi connectivity index (χ0v) is 17.3. The van der Waals surface area contributed by atoms with Gasteiger partial charge in [0.05, 0.1) is 30.9 Å². The summed E-state index contributed by atoms with van der Waals surface area (Å²) in [5.41, 5.74) is 1.73. The SMILES string of the molecule is COc1cn(-c2ccc(C#CC3CC3)cc2F)nc(-c2ccnn2-c2ccccc2)c1=O. The molecule has 5 rings (SSSR count). The van der Waals surface area contributed by atoms with Crippen molar-refractivity contribution in [2.75, 3.05) is 7.11 Å². The van der Waals surface area contributed by atoms with Crippen LogP contribution >= 0.6 is 0 Å². The standard InChI is InChI=1S/C25H19FN4O2/c1-32-23-16-29(21-12-11-18(15-20(21)26)10-9-17-7-8-17)28-24(25(23)31)22-13-14-27-30(22)19-5-3-2-4-6-19/h2-6,11-17H,7-8H2,1H3. The maximum atomic E-state index is 15.0. The number of hydrogen-bond donors (Lipinski definition) is 0. The number of rotatable bonds is 4. The van der Waals surface area contributed by atoms with E-state index in [-0.39, 0.29) is 17.1 Å². The van der Waals surface area contributed by atoms with E-state index in [9.17, 15) is 9.18 Å². The minimum atomic E-state index is -0.492. The summed E-state index contributed by atoms with van der Waals surface area (Å²) in [6.07, 6.45) is 5.18. The molecule has 158 valence electrons. The van der Waals surface area contributed by atoms with Crippen LogP contribution in [0.2, 0.25) is 0 Å².